The zero-order chi connectivity index (χ0) is 24.1. The Balaban J connectivity index is 1.28. The molecule has 1 aliphatic heterocycles. The highest BCUT2D eigenvalue weighted by Gasteiger charge is 2.26. The third kappa shape index (κ3) is 5.85. The molecule has 0 radical (unpaired) electrons. The van der Waals surface area contributed by atoms with Gasteiger partial charge in [0.05, 0.1) is 16.3 Å². The highest BCUT2D eigenvalue weighted by molar-refractivity contribution is 7.89. The van der Waals surface area contributed by atoms with Crippen molar-refractivity contribution in [2.45, 2.75) is 30.1 Å². The summed E-state index contributed by atoms with van der Waals surface area (Å²) in [5, 5.41) is 2.37. The monoisotopic (exact) mass is 502 g/mol. The van der Waals surface area contributed by atoms with Gasteiger partial charge >= 0.3 is 0 Å². The Morgan fingerprint density at radius 3 is 2.41 bits per heavy atom. The Kier molecular flexibility index (Phi) is 7.35. The van der Waals surface area contributed by atoms with Gasteiger partial charge in [-0.25, -0.2) is 17.8 Å². The summed E-state index contributed by atoms with van der Waals surface area (Å²) in [6.07, 6.45) is 1.65. The van der Waals surface area contributed by atoms with E-state index in [2.05, 4.69) is 15.2 Å². The Labute approximate surface area is 200 Å². The fraction of sp³-hybridized carbons (Fsp3) is 0.261. The van der Waals surface area contributed by atoms with Gasteiger partial charge in [-0.05, 0) is 42.7 Å². The van der Waals surface area contributed by atoms with Crippen LogP contribution in [-0.4, -0.2) is 43.2 Å². The number of piperidine rings is 1. The van der Waals surface area contributed by atoms with Crippen LogP contribution in [0.2, 0.25) is 0 Å². The van der Waals surface area contributed by atoms with E-state index in [1.165, 1.54) is 35.6 Å². The number of hydrogen-bond donors (Lipinski definition) is 2. The minimum Gasteiger partial charge on any atom is -0.342 e. The maximum Gasteiger partial charge on any atom is 0.285 e. The molecule has 1 saturated heterocycles. The molecule has 11 heteroatoms. The van der Waals surface area contributed by atoms with E-state index in [1.54, 1.807) is 40.6 Å². The molecule has 0 atom stereocenters. The Hall–Kier alpha value is -3.15. The minimum absolute atomic E-state index is 0.00466. The van der Waals surface area contributed by atoms with E-state index in [0.29, 0.717) is 25.9 Å². The number of nitrogens with zero attached hydrogens (tertiary/aromatic N) is 2. The van der Waals surface area contributed by atoms with Crippen LogP contribution in [0.5, 0.6) is 0 Å². The van der Waals surface area contributed by atoms with Gasteiger partial charge in [0.2, 0.25) is 5.91 Å². The predicted octanol–water partition coefficient (Wildman–Crippen LogP) is 2.85. The molecule has 0 bridgehead atoms. The van der Waals surface area contributed by atoms with Crippen LogP contribution in [0.25, 0.3) is 0 Å². The molecule has 0 aliphatic carbocycles. The fourth-order valence-corrected chi connectivity index (χ4v) is 5.51. The molecule has 0 saturated carbocycles. The first-order valence-corrected chi connectivity index (χ1v) is 13.0. The summed E-state index contributed by atoms with van der Waals surface area (Å²) in [6, 6.07) is 13.6. The molecule has 3 aromatic rings. The first-order valence-electron chi connectivity index (χ1n) is 10.7. The lowest BCUT2D eigenvalue weighted by molar-refractivity contribution is -0.131. The van der Waals surface area contributed by atoms with E-state index in [9.17, 15) is 22.4 Å². The van der Waals surface area contributed by atoms with Crippen molar-refractivity contribution in [1.82, 2.24) is 20.1 Å². The minimum atomic E-state index is -3.88. The maximum atomic E-state index is 13.0. The van der Waals surface area contributed by atoms with Gasteiger partial charge in [-0.1, -0.05) is 30.3 Å². The first kappa shape index (κ1) is 24.0. The molecule has 8 nitrogen and oxygen atoms in total. The number of aromatic nitrogens is 1. The molecule has 178 valence electrons. The SMILES string of the molecule is O=C(NNS(=O)(=O)c1ccccc1)c1csc(C2CCN(C(=O)Cc3ccc(F)cc3)CC2)n1. The largest absolute Gasteiger partial charge is 0.342 e. The second-order valence-corrected chi connectivity index (χ2v) is 10.5. The number of benzene rings is 2. The van der Waals surface area contributed by atoms with Gasteiger partial charge in [-0.2, -0.15) is 0 Å². The van der Waals surface area contributed by atoms with Gasteiger partial charge in [-0.15, -0.1) is 16.2 Å². The second-order valence-electron chi connectivity index (χ2n) is 7.90. The van der Waals surface area contributed by atoms with Crippen LogP contribution in [0.1, 0.15) is 39.8 Å². The summed E-state index contributed by atoms with van der Waals surface area (Å²) in [6.45, 7) is 1.14. The maximum absolute atomic E-state index is 13.0. The fourth-order valence-electron chi connectivity index (χ4n) is 3.68. The molecule has 0 spiro atoms. The lowest BCUT2D eigenvalue weighted by atomic mass is 9.97. The van der Waals surface area contributed by atoms with Crippen LogP contribution in [0.4, 0.5) is 4.39 Å². The molecular formula is C23H23FN4O4S2. The van der Waals surface area contributed by atoms with Crippen molar-refractivity contribution in [3.05, 3.63) is 82.1 Å². The molecular weight excluding hydrogens is 479 g/mol. The molecule has 1 aromatic heterocycles. The molecule has 4 rings (SSSR count). The lowest BCUT2D eigenvalue weighted by Crippen LogP contribution is -2.41. The Bertz CT molecular complexity index is 1260. The summed E-state index contributed by atoms with van der Waals surface area (Å²) < 4.78 is 37.5. The van der Waals surface area contributed by atoms with Gasteiger partial charge in [0, 0.05) is 24.4 Å². The highest BCUT2D eigenvalue weighted by Crippen LogP contribution is 2.30. The number of carbonyl (C=O) groups excluding carboxylic acids is 2. The summed E-state index contributed by atoms with van der Waals surface area (Å²) >= 11 is 1.34. The first-order chi connectivity index (χ1) is 16.3. The van der Waals surface area contributed by atoms with Crippen molar-refractivity contribution >= 4 is 33.2 Å². The van der Waals surface area contributed by atoms with E-state index in [-0.39, 0.29) is 34.7 Å². The average molecular weight is 503 g/mol. The molecule has 2 heterocycles. The zero-order valence-electron chi connectivity index (χ0n) is 18.1. The molecule has 0 unspecified atom stereocenters. The van der Waals surface area contributed by atoms with Crippen LogP contribution in [0, 0.1) is 5.82 Å². The van der Waals surface area contributed by atoms with Crippen molar-refractivity contribution < 1.29 is 22.4 Å². The second kappa shape index (κ2) is 10.4. The van der Waals surface area contributed by atoms with Crippen LogP contribution in [0.15, 0.2) is 64.9 Å². The van der Waals surface area contributed by atoms with Gasteiger partial charge in [0.1, 0.15) is 11.5 Å². The van der Waals surface area contributed by atoms with Crippen molar-refractivity contribution in [3.63, 3.8) is 0 Å². The van der Waals surface area contributed by atoms with Crippen LogP contribution < -0.4 is 10.3 Å². The number of thiazole rings is 1. The Morgan fingerprint density at radius 2 is 1.74 bits per heavy atom. The number of hydrogen-bond acceptors (Lipinski definition) is 6. The van der Waals surface area contributed by atoms with Gasteiger partial charge in [0.25, 0.3) is 15.9 Å². The van der Waals surface area contributed by atoms with Gasteiger partial charge in [-0.3, -0.25) is 15.0 Å². The van der Waals surface area contributed by atoms with Crippen molar-refractivity contribution in [1.29, 1.82) is 0 Å². The van der Waals surface area contributed by atoms with E-state index in [1.807, 2.05) is 0 Å². The standard InChI is InChI=1S/C23H23FN4O4S2/c24-18-8-6-16(7-9-18)14-21(29)28-12-10-17(11-13-28)23-25-20(15-33-23)22(30)26-27-34(31,32)19-4-2-1-3-5-19/h1-9,15,17,27H,10-14H2,(H,26,30). The third-order valence-electron chi connectivity index (χ3n) is 5.57. The molecule has 1 aliphatic rings. The van der Waals surface area contributed by atoms with E-state index < -0.39 is 15.9 Å². The van der Waals surface area contributed by atoms with Gasteiger partial charge < -0.3 is 4.90 Å². The summed E-state index contributed by atoms with van der Waals surface area (Å²) in [4.78, 5) is 33.2. The normalized spacial score (nSPS) is 14.7. The number of sulfonamides is 1. The molecule has 34 heavy (non-hydrogen) atoms. The highest BCUT2D eigenvalue weighted by atomic mass is 32.2. The van der Waals surface area contributed by atoms with Crippen LogP contribution >= 0.6 is 11.3 Å². The lowest BCUT2D eigenvalue weighted by Gasteiger charge is -2.31. The number of amides is 2. The van der Waals surface area contributed by atoms with Gasteiger partial charge in [0.15, 0.2) is 0 Å². The quantitative estimate of drug-likeness (QED) is 0.483. The topological polar surface area (TPSA) is 108 Å². The van der Waals surface area contributed by atoms with Crippen molar-refractivity contribution in [2.24, 2.45) is 0 Å². The third-order valence-corrected chi connectivity index (χ3v) is 7.84. The average Bonchev–Trinajstić information content (AvgIpc) is 3.35. The van der Waals surface area contributed by atoms with E-state index >= 15 is 0 Å². The van der Waals surface area contributed by atoms with Crippen molar-refractivity contribution in [3.8, 4) is 0 Å². The number of nitrogens with one attached hydrogen (secondary N) is 2. The smallest absolute Gasteiger partial charge is 0.285 e. The van der Waals surface area contributed by atoms with Crippen LogP contribution in [0.3, 0.4) is 0 Å². The summed E-state index contributed by atoms with van der Waals surface area (Å²) in [5.74, 6) is -0.867. The number of rotatable bonds is 7. The van der Waals surface area contributed by atoms with Crippen LogP contribution in [-0.2, 0) is 21.2 Å². The predicted molar refractivity (Wildman–Crippen MR) is 125 cm³/mol. The zero-order valence-corrected chi connectivity index (χ0v) is 19.7. The van der Waals surface area contributed by atoms with E-state index in [0.717, 1.165) is 10.6 Å². The molecule has 2 N–H and O–H groups in total. The summed E-state index contributed by atoms with van der Waals surface area (Å²) in [5.41, 5.74) is 3.09. The summed E-state index contributed by atoms with van der Waals surface area (Å²) in [7, 11) is -3.88. The Morgan fingerprint density at radius 1 is 1.06 bits per heavy atom. The number of hydrazine groups is 1. The molecule has 2 amide bonds. The molecule has 2 aromatic carbocycles. The number of halogens is 1. The molecule has 1 fully saturated rings. The number of likely N-dealkylation sites (tertiary alicyclic amines) is 1. The number of carbonyl (C=O) groups is 2. The van der Waals surface area contributed by atoms with Crippen molar-refractivity contribution in [2.75, 3.05) is 13.1 Å². The van der Waals surface area contributed by atoms with E-state index in [4.69, 9.17) is 0 Å².